The van der Waals surface area contributed by atoms with Gasteiger partial charge in [0.05, 0.1) is 0 Å². The van der Waals surface area contributed by atoms with Crippen molar-refractivity contribution in [2.24, 2.45) is 33.0 Å². The van der Waals surface area contributed by atoms with E-state index in [4.69, 9.17) is 6.58 Å². The highest BCUT2D eigenvalue weighted by Gasteiger charge is 2.67. The van der Waals surface area contributed by atoms with Crippen molar-refractivity contribution in [1.82, 2.24) is 10.2 Å². The number of piperazine rings is 1. The molecule has 38 heavy (non-hydrogen) atoms. The maximum Gasteiger partial charge on any atom is 0.220 e. The third-order valence-electron chi connectivity index (χ3n) is 13.1. The first-order valence-corrected chi connectivity index (χ1v) is 15.0. The Morgan fingerprint density at radius 3 is 2.39 bits per heavy atom. The van der Waals surface area contributed by atoms with Crippen LogP contribution in [0.4, 0.5) is 0 Å². The van der Waals surface area contributed by atoms with E-state index in [1.54, 1.807) is 6.08 Å². The Bertz CT molecular complexity index is 1230. The average molecular weight is 517 g/mol. The first-order valence-electron chi connectivity index (χ1n) is 15.0. The molecular weight excluding hydrogens is 468 g/mol. The molecule has 1 aliphatic heterocycles. The van der Waals surface area contributed by atoms with E-state index in [9.17, 15) is 9.90 Å². The highest BCUT2D eigenvalue weighted by Crippen LogP contribution is 2.75. The summed E-state index contributed by atoms with van der Waals surface area (Å²) in [5.74, 6) is 0.309. The van der Waals surface area contributed by atoms with Crippen molar-refractivity contribution in [3.8, 4) is 0 Å². The van der Waals surface area contributed by atoms with E-state index < -0.39 is 0 Å². The fraction of sp³-hybridized carbons (Fsp3) is 0.676. The SMILES string of the molecule is C=C(N1CCNCC1)[C@]1(C)CC[C@]2(C)CC[C@]3(C)C4=CC=C5C(=CC(=O)C(O)=C5C)[C@]4(C)CC[C@@]3(C)[C@@H]2C1. The van der Waals surface area contributed by atoms with Gasteiger partial charge in [-0.1, -0.05) is 58.9 Å². The number of rotatable bonds is 2. The Balaban J connectivity index is 1.40. The fourth-order valence-electron chi connectivity index (χ4n) is 10.0. The van der Waals surface area contributed by atoms with Crippen molar-refractivity contribution < 1.29 is 9.90 Å². The molecule has 5 aliphatic carbocycles. The molecule has 0 spiro atoms. The first kappa shape index (κ1) is 26.2. The van der Waals surface area contributed by atoms with E-state index in [-0.39, 0.29) is 33.2 Å². The molecule has 0 bridgehead atoms. The maximum absolute atomic E-state index is 12.8. The zero-order valence-electron chi connectivity index (χ0n) is 24.6. The third-order valence-corrected chi connectivity index (χ3v) is 13.1. The van der Waals surface area contributed by atoms with E-state index in [2.05, 4.69) is 57.0 Å². The second kappa shape index (κ2) is 8.22. The molecule has 6 atom stereocenters. The van der Waals surface area contributed by atoms with Gasteiger partial charge in [0.15, 0.2) is 5.76 Å². The lowest BCUT2D eigenvalue weighted by Crippen LogP contribution is -2.62. The number of fused-ring (bicyclic) bond motifs is 7. The standard InChI is InChI=1S/C34H48N2O2/c1-22-24-8-9-27-32(5,25(24)20-26(37)29(22)38)13-15-34(7)28-21-31(4,23(2)36-18-16-35-17-19-36)11-10-30(28,3)12-14-33(27,34)6/h8-9,20,28,35,38H,2,10-19,21H2,1,3-7H3/t28-,30-,31-,32+,33-,34+/m1/s1. The number of hydrogen-bond acceptors (Lipinski definition) is 4. The minimum absolute atomic E-state index is 0.0713. The zero-order chi connectivity index (χ0) is 27.3. The second-order valence-corrected chi connectivity index (χ2v) is 14.8. The quantitative estimate of drug-likeness (QED) is 0.414. The topological polar surface area (TPSA) is 52.6 Å². The Morgan fingerprint density at radius 1 is 1.00 bits per heavy atom. The van der Waals surface area contributed by atoms with Crippen LogP contribution >= 0.6 is 0 Å². The fourth-order valence-corrected chi connectivity index (χ4v) is 10.0. The highest BCUT2D eigenvalue weighted by atomic mass is 16.3. The molecule has 4 nitrogen and oxygen atoms in total. The summed E-state index contributed by atoms with van der Waals surface area (Å²) in [5.41, 5.74) is 6.42. The summed E-state index contributed by atoms with van der Waals surface area (Å²) in [5, 5.41) is 13.9. The van der Waals surface area contributed by atoms with Crippen LogP contribution in [0.1, 0.15) is 86.5 Å². The van der Waals surface area contributed by atoms with Crippen LogP contribution < -0.4 is 5.32 Å². The van der Waals surface area contributed by atoms with Gasteiger partial charge in [-0.05, 0) is 91.3 Å². The molecule has 2 N–H and O–H groups in total. The van der Waals surface area contributed by atoms with Crippen molar-refractivity contribution in [1.29, 1.82) is 0 Å². The van der Waals surface area contributed by atoms with Gasteiger partial charge in [0.2, 0.25) is 5.78 Å². The number of aliphatic hydroxyl groups excluding tert-OH is 1. The molecule has 6 aliphatic rings. The molecule has 1 heterocycles. The summed E-state index contributed by atoms with van der Waals surface area (Å²) in [6, 6.07) is 0. The van der Waals surface area contributed by atoms with Crippen molar-refractivity contribution in [2.45, 2.75) is 86.5 Å². The van der Waals surface area contributed by atoms with Gasteiger partial charge in [0, 0.05) is 48.3 Å². The lowest BCUT2D eigenvalue weighted by Gasteiger charge is -2.70. The number of carbonyl (C=O) groups excluding carboxylic acids is 1. The summed E-state index contributed by atoms with van der Waals surface area (Å²) in [4.78, 5) is 15.3. The minimum Gasteiger partial charge on any atom is -0.504 e. The zero-order valence-corrected chi connectivity index (χ0v) is 24.6. The predicted molar refractivity (Wildman–Crippen MR) is 155 cm³/mol. The van der Waals surface area contributed by atoms with Crippen LogP contribution in [-0.4, -0.2) is 42.0 Å². The Hall–Kier alpha value is -2.07. The normalized spacial score (nSPS) is 44.7. The summed E-state index contributed by atoms with van der Waals surface area (Å²) < 4.78 is 0. The minimum atomic E-state index is -0.235. The smallest absolute Gasteiger partial charge is 0.220 e. The molecule has 206 valence electrons. The van der Waals surface area contributed by atoms with Gasteiger partial charge in [0.25, 0.3) is 0 Å². The second-order valence-electron chi connectivity index (χ2n) is 14.8. The number of aliphatic hydroxyl groups is 1. The maximum atomic E-state index is 12.8. The van der Waals surface area contributed by atoms with Crippen molar-refractivity contribution >= 4 is 5.78 Å². The lowest BCUT2D eigenvalue weighted by atomic mass is 9.34. The molecule has 4 fully saturated rings. The molecule has 0 amide bonds. The number of nitrogens with one attached hydrogen (secondary N) is 1. The van der Waals surface area contributed by atoms with E-state index in [1.807, 2.05) is 6.92 Å². The van der Waals surface area contributed by atoms with Crippen molar-refractivity contribution in [2.75, 3.05) is 26.2 Å². The molecule has 0 aromatic carbocycles. The lowest BCUT2D eigenvalue weighted by molar-refractivity contribution is -0.159. The summed E-state index contributed by atoms with van der Waals surface area (Å²) in [7, 11) is 0. The highest BCUT2D eigenvalue weighted by molar-refractivity contribution is 6.06. The molecule has 4 heteroatoms. The van der Waals surface area contributed by atoms with E-state index >= 15 is 0 Å². The molecule has 6 rings (SSSR count). The molecule has 0 radical (unpaired) electrons. The summed E-state index contributed by atoms with van der Waals surface area (Å²) in [6.45, 7) is 23.5. The third kappa shape index (κ3) is 3.28. The monoisotopic (exact) mass is 516 g/mol. The van der Waals surface area contributed by atoms with Crippen LogP contribution in [0, 0.1) is 33.0 Å². The Labute approximate surface area is 230 Å². The average Bonchev–Trinajstić information content (AvgIpc) is 2.90. The van der Waals surface area contributed by atoms with Gasteiger partial charge >= 0.3 is 0 Å². The van der Waals surface area contributed by atoms with Crippen molar-refractivity contribution in [3.05, 3.63) is 58.6 Å². The van der Waals surface area contributed by atoms with Gasteiger partial charge in [-0.15, -0.1) is 0 Å². The van der Waals surface area contributed by atoms with Gasteiger partial charge in [0.1, 0.15) is 0 Å². The molecule has 0 aromatic heterocycles. The van der Waals surface area contributed by atoms with Gasteiger partial charge in [-0.3, -0.25) is 4.79 Å². The number of allylic oxidation sites excluding steroid dienone is 8. The number of nitrogens with zero attached hydrogens (tertiary/aromatic N) is 1. The van der Waals surface area contributed by atoms with Gasteiger partial charge in [-0.25, -0.2) is 0 Å². The van der Waals surface area contributed by atoms with Crippen LogP contribution in [0.25, 0.3) is 0 Å². The van der Waals surface area contributed by atoms with Crippen LogP contribution in [0.5, 0.6) is 0 Å². The molecular formula is C34H48N2O2. The van der Waals surface area contributed by atoms with E-state index in [0.717, 1.165) is 49.3 Å². The summed E-state index contributed by atoms with van der Waals surface area (Å²) >= 11 is 0. The number of ketones is 1. The molecule has 0 unspecified atom stereocenters. The van der Waals surface area contributed by atoms with Gasteiger partial charge in [-0.2, -0.15) is 0 Å². The Morgan fingerprint density at radius 2 is 1.68 bits per heavy atom. The first-order chi connectivity index (χ1) is 17.8. The van der Waals surface area contributed by atoms with Crippen LogP contribution in [0.15, 0.2) is 58.6 Å². The van der Waals surface area contributed by atoms with Crippen LogP contribution in [-0.2, 0) is 4.79 Å². The largest absolute Gasteiger partial charge is 0.504 e. The van der Waals surface area contributed by atoms with Crippen molar-refractivity contribution in [3.63, 3.8) is 0 Å². The number of carbonyl (C=O) groups is 1. The van der Waals surface area contributed by atoms with Crippen LogP contribution in [0.2, 0.25) is 0 Å². The molecule has 1 saturated heterocycles. The van der Waals surface area contributed by atoms with Gasteiger partial charge < -0.3 is 15.3 Å². The Kier molecular flexibility index (Phi) is 5.66. The van der Waals surface area contributed by atoms with E-state index in [0.29, 0.717) is 11.3 Å². The number of hydrogen-bond donors (Lipinski definition) is 2. The summed E-state index contributed by atoms with van der Waals surface area (Å²) in [6.07, 6.45) is 14.8. The predicted octanol–water partition coefficient (Wildman–Crippen LogP) is 7.03. The van der Waals surface area contributed by atoms with Crippen LogP contribution in [0.3, 0.4) is 0 Å². The molecule has 3 saturated carbocycles. The van der Waals surface area contributed by atoms with E-state index in [1.165, 1.54) is 49.8 Å². The molecule has 0 aromatic rings.